The van der Waals surface area contributed by atoms with E-state index in [1.165, 1.54) is 0 Å². The van der Waals surface area contributed by atoms with Crippen molar-refractivity contribution in [1.29, 1.82) is 0 Å². The molecule has 0 aliphatic carbocycles. The first-order valence-corrected chi connectivity index (χ1v) is 10.7. The van der Waals surface area contributed by atoms with Crippen LogP contribution in [0.3, 0.4) is 0 Å². The van der Waals surface area contributed by atoms with Crippen molar-refractivity contribution in [2.75, 3.05) is 20.2 Å². The molecule has 0 saturated heterocycles. The molecule has 0 saturated carbocycles. The Labute approximate surface area is 191 Å². The number of fused-ring (bicyclic) bond motifs is 1. The molecule has 33 heavy (non-hydrogen) atoms. The molecule has 0 radical (unpaired) electrons. The smallest absolute Gasteiger partial charge is 0.253 e. The Morgan fingerprint density at radius 3 is 2.42 bits per heavy atom. The third-order valence-electron chi connectivity index (χ3n) is 5.46. The number of benzene rings is 3. The summed E-state index contributed by atoms with van der Waals surface area (Å²) in [5, 5.41) is 8.31. The van der Waals surface area contributed by atoms with Crippen molar-refractivity contribution in [3.8, 4) is 34.4 Å². The van der Waals surface area contributed by atoms with Crippen molar-refractivity contribution in [3.63, 3.8) is 0 Å². The first kappa shape index (κ1) is 20.8. The highest BCUT2D eigenvalue weighted by atomic mass is 16.6. The number of carbonyl (C=O) groups is 1. The van der Waals surface area contributed by atoms with Gasteiger partial charge < -0.3 is 18.8 Å². The normalized spacial score (nSPS) is 14.7. The number of rotatable bonds is 5. The number of ether oxygens (including phenoxy) is 2. The van der Waals surface area contributed by atoms with Gasteiger partial charge in [-0.15, -0.1) is 10.2 Å². The average molecular weight is 441 g/mol. The summed E-state index contributed by atoms with van der Waals surface area (Å²) in [6.45, 7) is 2.83. The van der Waals surface area contributed by atoms with Crippen molar-refractivity contribution in [3.05, 3.63) is 83.9 Å². The molecule has 1 unspecified atom stereocenters. The van der Waals surface area contributed by atoms with Crippen molar-refractivity contribution in [2.45, 2.75) is 13.0 Å². The second kappa shape index (κ2) is 8.78. The molecule has 7 nitrogen and oxygen atoms in total. The third kappa shape index (κ3) is 4.43. The van der Waals surface area contributed by atoms with Crippen molar-refractivity contribution in [2.24, 2.45) is 0 Å². The quantitative estimate of drug-likeness (QED) is 0.450. The summed E-state index contributed by atoms with van der Waals surface area (Å²) in [4.78, 5) is 14.5. The SMILES string of the molecule is Cc1cccc(-c2nnc(-c3ccc(C(=O)N(C)CC4COc5ccccc5O4)cc3)o2)c1. The van der Waals surface area contributed by atoms with E-state index in [4.69, 9.17) is 13.9 Å². The lowest BCUT2D eigenvalue weighted by molar-refractivity contribution is 0.0521. The van der Waals surface area contributed by atoms with Crippen LogP contribution in [0, 0.1) is 6.92 Å². The molecular formula is C26H23N3O4. The van der Waals surface area contributed by atoms with Crippen LogP contribution >= 0.6 is 0 Å². The summed E-state index contributed by atoms with van der Waals surface area (Å²) in [5.74, 6) is 2.19. The number of hydrogen-bond acceptors (Lipinski definition) is 6. The van der Waals surface area contributed by atoms with Gasteiger partial charge in [0.2, 0.25) is 11.8 Å². The minimum atomic E-state index is -0.230. The first-order chi connectivity index (χ1) is 16.1. The Kier molecular flexibility index (Phi) is 5.52. The fraction of sp³-hybridized carbons (Fsp3) is 0.192. The molecule has 1 aliphatic heterocycles. The van der Waals surface area contributed by atoms with Crippen LogP contribution in [0.1, 0.15) is 15.9 Å². The lowest BCUT2D eigenvalue weighted by Gasteiger charge is -2.29. The Bertz CT molecular complexity index is 1280. The highest BCUT2D eigenvalue weighted by Crippen LogP contribution is 2.31. The minimum Gasteiger partial charge on any atom is -0.486 e. The van der Waals surface area contributed by atoms with Gasteiger partial charge in [0.05, 0.1) is 6.54 Å². The molecule has 5 rings (SSSR count). The van der Waals surface area contributed by atoms with E-state index in [0.29, 0.717) is 36.2 Å². The van der Waals surface area contributed by atoms with E-state index in [2.05, 4.69) is 10.2 Å². The Morgan fingerprint density at radius 2 is 1.67 bits per heavy atom. The lowest BCUT2D eigenvalue weighted by atomic mass is 10.1. The third-order valence-corrected chi connectivity index (χ3v) is 5.46. The Morgan fingerprint density at radius 1 is 0.939 bits per heavy atom. The van der Waals surface area contributed by atoms with Crippen molar-refractivity contribution < 1.29 is 18.7 Å². The maximum atomic E-state index is 12.9. The van der Waals surface area contributed by atoms with Gasteiger partial charge in [0.1, 0.15) is 6.61 Å². The Hall–Kier alpha value is -4.13. The van der Waals surface area contributed by atoms with Crippen LogP contribution in [0.15, 0.2) is 77.2 Å². The molecule has 3 aromatic carbocycles. The monoisotopic (exact) mass is 441 g/mol. The van der Waals surface area contributed by atoms with E-state index in [-0.39, 0.29) is 12.0 Å². The molecule has 0 bridgehead atoms. The minimum absolute atomic E-state index is 0.102. The fourth-order valence-corrected chi connectivity index (χ4v) is 3.75. The topological polar surface area (TPSA) is 77.7 Å². The number of likely N-dealkylation sites (N-methyl/N-ethyl adjacent to an activating group) is 1. The first-order valence-electron chi connectivity index (χ1n) is 10.7. The maximum Gasteiger partial charge on any atom is 0.253 e. The fourth-order valence-electron chi connectivity index (χ4n) is 3.75. The number of carbonyl (C=O) groups excluding carboxylic acids is 1. The zero-order valence-corrected chi connectivity index (χ0v) is 18.4. The Balaban J connectivity index is 1.24. The van der Waals surface area contributed by atoms with E-state index < -0.39 is 0 Å². The van der Waals surface area contributed by atoms with E-state index in [1.54, 1.807) is 24.1 Å². The van der Waals surface area contributed by atoms with Gasteiger partial charge in [-0.05, 0) is 55.5 Å². The molecule has 0 spiro atoms. The summed E-state index contributed by atoms with van der Waals surface area (Å²) in [7, 11) is 1.76. The van der Waals surface area contributed by atoms with Crippen LogP contribution < -0.4 is 9.47 Å². The van der Waals surface area contributed by atoms with Gasteiger partial charge in [0.15, 0.2) is 17.6 Å². The summed E-state index contributed by atoms with van der Waals surface area (Å²) >= 11 is 0. The molecule has 1 aliphatic rings. The van der Waals surface area contributed by atoms with Crippen LogP contribution in [0.4, 0.5) is 0 Å². The second-order valence-electron chi connectivity index (χ2n) is 8.04. The molecule has 4 aromatic rings. The van der Waals surface area contributed by atoms with Gasteiger partial charge in [0.25, 0.3) is 5.91 Å². The van der Waals surface area contributed by atoms with Gasteiger partial charge in [-0.2, -0.15) is 0 Å². The van der Waals surface area contributed by atoms with Crippen molar-refractivity contribution >= 4 is 5.91 Å². The number of hydrogen-bond donors (Lipinski definition) is 0. The number of aromatic nitrogens is 2. The summed E-state index contributed by atoms with van der Waals surface area (Å²) < 4.78 is 17.5. The number of amides is 1. The van der Waals surface area contributed by atoms with Crippen LogP contribution in [-0.4, -0.2) is 47.3 Å². The molecule has 0 N–H and O–H groups in total. The zero-order valence-electron chi connectivity index (χ0n) is 18.4. The van der Waals surface area contributed by atoms with Crippen LogP contribution in [0.25, 0.3) is 22.9 Å². The van der Waals surface area contributed by atoms with Gasteiger partial charge in [-0.3, -0.25) is 4.79 Å². The highest BCUT2D eigenvalue weighted by molar-refractivity contribution is 5.94. The lowest BCUT2D eigenvalue weighted by Crippen LogP contribution is -2.41. The van der Waals surface area contributed by atoms with E-state index in [0.717, 1.165) is 22.4 Å². The van der Waals surface area contributed by atoms with E-state index >= 15 is 0 Å². The van der Waals surface area contributed by atoms with E-state index in [1.807, 2.05) is 67.6 Å². The highest BCUT2D eigenvalue weighted by Gasteiger charge is 2.24. The molecule has 1 amide bonds. The van der Waals surface area contributed by atoms with Crippen LogP contribution in [0.2, 0.25) is 0 Å². The average Bonchev–Trinajstić information content (AvgIpc) is 3.34. The summed E-state index contributed by atoms with van der Waals surface area (Å²) in [6.07, 6.45) is -0.230. The standard InChI is InChI=1S/C26H23N3O4/c1-17-6-5-7-20(14-17)25-28-27-24(33-25)18-10-12-19(13-11-18)26(30)29(2)15-21-16-31-22-8-3-4-9-23(22)32-21/h3-14,21H,15-16H2,1-2H3. The molecule has 1 atom stereocenters. The molecule has 1 aromatic heterocycles. The largest absolute Gasteiger partial charge is 0.486 e. The van der Waals surface area contributed by atoms with Crippen molar-refractivity contribution in [1.82, 2.24) is 15.1 Å². The molecular weight excluding hydrogens is 418 g/mol. The number of para-hydroxylation sites is 2. The van der Waals surface area contributed by atoms with Gasteiger partial charge in [0, 0.05) is 23.7 Å². The van der Waals surface area contributed by atoms with Crippen LogP contribution in [-0.2, 0) is 0 Å². The van der Waals surface area contributed by atoms with E-state index in [9.17, 15) is 4.79 Å². The molecule has 166 valence electrons. The number of aryl methyl sites for hydroxylation is 1. The summed E-state index contributed by atoms with van der Waals surface area (Å²) in [6, 6.07) is 22.6. The summed E-state index contributed by atoms with van der Waals surface area (Å²) in [5.41, 5.74) is 3.31. The molecule has 0 fully saturated rings. The predicted molar refractivity (Wildman–Crippen MR) is 123 cm³/mol. The number of nitrogens with zero attached hydrogens (tertiary/aromatic N) is 3. The predicted octanol–water partition coefficient (Wildman–Crippen LogP) is 4.62. The zero-order chi connectivity index (χ0) is 22.8. The van der Waals surface area contributed by atoms with Gasteiger partial charge in [-0.1, -0.05) is 29.8 Å². The second-order valence-corrected chi connectivity index (χ2v) is 8.04. The molecule has 7 heteroatoms. The van der Waals surface area contributed by atoms with Crippen LogP contribution in [0.5, 0.6) is 11.5 Å². The maximum absolute atomic E-state index is 12.9. The van der Waals surface area contributed by atoms with Gasteiger partial charge >= 0.3 is 0 Å². The molecule has 2 heterocycles. The van der Waals surface area contributed by atoms with Gasteiger partial charge in [-0.25, -0.2) is 0 Å².